The van der Waals surface area contributed by atoms with Crippen molar-refractivity contribution in [3.63, 3.8) is 0 Å². The van der Waals surface area contributed by atoms with Crippen LogP contribution in [-0.4, -0.2) is 25.8 Å². The van der Waals surface area contributed by atoms with Crippen LogP contribution in [0.4, 0.5) is 0 Å². The molecule has 0 fully saturated rings. The Morgan fingerprint density at radius 3 is 2.39 bits per heavy atom. The molecule has 6 heteroatoms. The Hall–Kier alpha value is -2.18. The summed E-state index contributed by atoms with van der Waals surface area (Å²) >= 11 is 0. The molecule has 3 rings (SSSR count). The summed E-state index contributed by atoms with van der Waals surface area (Å²) in [7, 11) is -3.62. The Bertz CT molecular complexity index is 963. The highest BCUT2D eigenvalue weighted by atomic mass is 32.2. The number of benzene rings is 2. The Labute approximate surface area is 167 Å². The van der Waals surface area contributed by atoms with Crippen LogP contribution in [0.25, 0.3) is 0 Å². The lowest BCUT2D eigenvalue weighted by Crippen LogP contribution is -2.42. The van der Waals surface area contributed by atoms with Crippen LogP contribution in [0.5, 0.6) is 0 Å². The largest absolute Gasteiger partial charge is 0.338 e. The molecular weight excluding hydrogens is 372 g/mol. The number of amides is 1. The first-order valence-electron chi connectivity index (χ1n) is 9.56. The molecule has 150 valence electrons. The van der Waals surface area contributed by atoms with Crippen LogP contribution >= 0.6 is 0 Å². The maximum absolute atomic E-state index is 12.8. The summed E-state index contributed by atoms with van der Waals surface area (Å²) < 4.78 is 28.4. The van der Waals surface area contributed by atoms with Gasteiger partial charge in [-0.15, -0.1) is 0 Å². The monoisotopic (exact) mass is 400 g/mol. The average Bonchev–Trinajstić information content (AvgIpc) is 2.66. The van der Waals surface area contributed by atoms with E-state index < -0.39 is 15.4 Å². The molecule has 2 aromatic carbocycles. The summed E-state index contributed by atoms with van der Waals surface area (Å²) in [6.45, 7) is 8.72. The number of rotatable bonds is 4. The molecule has 1 heterocycles. The van der Waals surface area contributed by atoms with Crippen molar-refractivity contribution in [1.29, 1.82) is 0 Å². The number of carbonyl (C=O) groups excluding carboxylic acids is 1. The Morgan fingerprint density at radius 2 is 1.75 bits per heavy atom. The van der Waals surface area contributed by atoms with Gasteiger partial charge in [-0.2, -0.15) is 0 Å². The lowest BCUT2D eigenvalue weighted by Gasteiger charge is -2.33. The average molecular weight is 401 g/mol. The van der Waals surface area contributed by atoms with E-state index in [1.54, 1.807) is 12.1 Å². The first kappa shape index (κ1) is 20.6. The van der Waals surface area contributed by atoms with Crippen LogP contribution in [0.15, 0.2) is 53.4 Å². The van der Waals surface area contributed by atoms with Crippen LogP contribution < -0.4 is 4.72 Å². The Kier molecular flexibility index (Phi) is 5.64. The van der Waals surface area contributed by atoms with Crippen molar-refractivity contribution in [2.45, 2.75) is 51.6 Å². The Balaban J connectivity index is 1.78. The molecule has 28 heavy (non-hydrogen) atoms. The highest BCUT2D eigenvalue weighted by Crippen LogP contribution is 2.27. The fourth-order valence-corrected chi connectivity index (χ4v) is 4.74. The minimum Gasteiger partial charge on any atom is -0.338 e. The maximum atomic E-state index is 12.8. The predicted molar refractivity (Wildman–Crippen MR) is 110 cm³/mol. The van der Waals surface area contributed by atoms with E-state index in [1.807, 2.05) is 69.0 Å². The molecule has 0 saturated heterocycles. The van der Waals surface area contributed by atoms with Crippen LogP contribution in [-0.2, 0) is 27.8 Å². The standard InChI is InChI=1S/C22H28N2O3S/c1-16(17-8-6-5-7-9-17)23-28(26,27)20-11-10-19-15-24(13-12-18(19)14-20)21(25)22(2,3)4/h5-11,14,16,23H,12-13,15H2,1-4H3/t16-/m1/s1. The maximum Gasteiger partial charge on any atom is 0.241 e. The number of fused-ring (bicyclic) bond motifs is 1. The van der Waals surface area contributed by atoms with Gasteiger partial charge in [0.1, 0.15) is 0 Å². The van der Waals surface area contributed by atoms with Gasteiger partial charge in [-0.1, -0.05) is 57.2 Å². The van der Waals surface area contributed by atoms with E-state index in [4.69, 9.17) is 0 Å². The minimum atomic E-state index is -3.62. The molecule has 2 aromatic rings. The zero-order chi connectivity index (χ0) is 20.5. The van der Waals surface area contributed by atoms with Gasteiger partial charge in [0.15, 0.2) is 0 Å². The number of sulfonamides is 1. The summed E-state index contributed by atoms with van der Waals surface area (Å²) in [5.74, 6) is 0.119. The molecule has 0 spiro atoms. The Morgan fingerprint density at radius 1 is 1.07 bits per heavy atom. The molecule has 1 amide bonds. The van der Waals surface area contributed by atoms with Gasteiger partial charge < -0.3 is 4.90 Å². The van der Waals surface area contributed by atoms with E-state index in [-0.39, 0.29) is 16.8 Å². The fraction of sp³-hybridized carbons (Fsp3) is 0.409. The van der Waals surface area contributed by atoms with Crippen molar-refractivity contribution in [3.8, 4) is 0 Å². The third-order valence-corrected chi connectivity index (χ3v) is 6.60. The van der Waals surface area contributed by atoms with E-state index in [2.05, 4.69) is 4.72 Å². The molecule has 0 unspecified atom stereocenters. The quantitative estimate of drug-likeness (QED) is 0.852. The van der Waals surface area contributed by atoms with E-state index in [0.29, 0.717) is 19.5 Å². The van der Waals surface area contributed by atoms with Gasteiger partial charge in [0.05, 0.1) is 4.90 Å². The summed E-state index contributed by atoms with van der Waals surface area (Å²) in [6, 6.07) is 14.4. The van der Waals surface area contributed by atoms with Crippen LogP contribution in [0, 0.1) is 5.41 Å². The lowest BCUT2D eigenvalue weighted by atomic mass is 9.92. The van der Waals surface area contributed by atoms with Crippen molar-refractivity contribution in [2.75, 3.05) is 6.54 Å². The second-order valence-electron chi connectivity index (χ2n) is 8.41. The van der Waals surface area contributed by atoms with Gasteiger partial charge in [-0.25, -0.2) is 13.1 Å². The van der Waals surface area contributed by atoms with Crippen molar-refractivity contribution in [2.24, 2.45) is 5.41 Å². The van der Waals surface area contributed by atoms with Crippen LogP contribution in [0.2, 0.25) is 0 Å². The molecule has 0 bridgehead atoms. The SMILES string of the molecule is C[C@@H](NS(=O)(=O)c1ccc2c(c1)CCN(C(=O)C(C)(C)C)C2)c1ccccc1. The van der Waals surface area contributed by atoms with E-state index >= 15 is 0 Å². The fourth-order valence-electron chi connectivity index (χ4n) is 3.45. The third kappa shape index (κ3) is 4.45. The van der Waals surface area contributed by atoms with Gasteiger partial charge in [0.25, 0.3) is 0 Å². The van der Waals surface area contributed by atoms with Gasteiger partial charge in [-0.3, -0.25) is 4.79 Å². The van der Waals surface area contributed by atoms with Gasteiger partial charge in [0.2, 0.25) is 15.9 Å². The van der Waals surface area contributed by atoms with Gasteiger partial charge in [-0.05, 0) is 42.2 Å². The van der Waals surface area contributed by atoms with Crippen molar-refractivity contribution in [3.05, 3.63) is 65.2 Å². The zero-order valence-electron chi connectivity index (χ0n) is 16.9. The highest BCUT2D eigenvalue weighted by molar-refractivity contribution is 7.89. The van der Waals surface area contributed by atoms with Crippen LogP contribution in [0.1, 0.15) is 50.4 Å². The molecule has 0 radical (unpaired) electrons. The number of hydrogen-bond donors (Lipinski definition) is 1. The topological polar surface area (TPSA) is 66.5 Å². The lowest BCUT2D eigenvalue weighted by molar-refractivity contribution is -0.140. The normalized spacial score (nSPS) is 15.8. The van der Waals surface area contributed by atoms with Crippen molar-refractivity contribution < 1.29 is 13.2 Å². The molecule has 0 saturated carbocycles. The highest BCUT2D eigenvalue weighted by Gasteiger charge is 2.30. The zero-order valence-corrected chi connectivity index (χ0v) is 17.7. The van der Waals surface area contributed by atoms with E-state index in [9.17, 15) is 13.2 Å². The molecule has 5 nitrogen and oxygen atoms in total. The summed E-state index contributed by atoms with van der Waals surface area (Å²) in [4.78, 5) is 14.7. The van der Waals surface area contributed by atoms with Gasteiger partial charge in [0, 0.05) is 24.5 Å². The van der Waals surface area contributed by atoms with E-state index in [0.717, 1.165) is 16.7 Å². The van der Waals surface area contributed by atoms with Gasteiger partial charge >= 0.3 is 0 Å². The van der Waals surface area contributed by atoms with Crippen LogP contribution in [0.3, 0.4) is 0 Å². The molecule has 1 atom stereocenters. The molecule has 0 aliphatic carbocycles. The number of hydrogen-bond acceptors (Lipinski definition) is 3. The molecular formula is C22H28N2O3S. The number of nitrogens with zero attached hydrogens (tertiary/aromatic N) is 1. The first-order valence-corrected chi connectivity index (χ1v) is 11.0. The third-order valence-electron chi connectivity index (χ3n) is 5.06. The van der Waals surface area contributed by atoms with E-state index in [1.165, 1.54) is 0 Å². The molecule has 1 N–H and O–H groups in total. The van der Waals surface area contributed by atoms with Crippen molar-refractivity contribution >= 4 is 15.9 Å². The number of nitrogens with one attached hydrogen (secondary N) is 1. The summed E-state index contributed by atoms with van der Waals surface area (Å²) in [6.07, 6.45) is 0.661. The number of carbonyl (C=O) groups is 1. The first-order chi connectivity index (χ1) is 13.1. The second kappa shape index (κ2) is 7.68. The molecule has 1 aliphatic rings. The second-order valence-corrected chi connectivity index (χ2v) is 10.1. The molecule has 0 aromatic heterocycles. The summed E-state index contributed by atoms with van der Waals surface area (Å²) in [5, 5.41) is 0. The van der Waals surface area contributed by atoms with Crippen molar-refractivity contribution in [1.82, 2.24) is 9.62 Å². The smallest absolute Gasteiger partial charge is 0.241 e. The predicted octanol–water partition coefficient (Wildman–Crippen LogP) is 3.66. The molecule has 1 aliphatic heterocycles. The minimum absolute atomic E-state index is 0.119. The summed E-state index contributed by atoms with van der Waals surface area (Å²) in [5.41, 5.74) is 2.51.